The fraction of sp³-hybridized carbons (Fsp3) is 0.409. The molecule has 0 spiro atoms. The van der Waals surface area contributed by atoms with E-state index >= 15 is 0 Å². The molecule has 1 aromatic heterocycles. The van der Waals surface area contributed by atoms with E-state index in [1.807, 2.05) is 11.8 Å². The number of methoxy groups -OCH3 is 1. The number of aromatic nitrogens is 1. The monoisotopic (exact) mass is 463 g/mol. The molecule has 2 aromatic rings. The molecule has 0 aliphatic carbocycles. The number of piperazine rings is 1. The molecule has 3 rings (SSSR count). The molecule has 0 unspecified atom stereocenters. The summed E-state index contributed by atoms with van der Waals surface area (Å²) in [6.45, 7) is 1.56. The molecule has 2 N–H and O–H groups in total. The number of urea groups is 1. The number of aryl methyl sites for hydroxylation is 1. The summed E-state index contributed by atoms with van der Waals surface area (Å²) in [7, 11) is 1.33. The van der Waals surface area contributed by atoms with Crippen molar-refractivity contribution in [3.8, 4) is 5.75 Å². The number of halogens is 2. The third kappa shape index (κ3) is 7.28. The minimum atomic E-state index is -2.95. The Labute approximate surface area is 190 Å². The molecule has 0 saturated carbocycles. The van der Waals surface area contributed by atoms with Gasteiger partial charge >= 0.3 is 18.7 Å². The molecular weight excluding hydrogens is 436 g/mol. The van der Waals surface area contributed by atoms with Crippen molar-refractivity contribution in [1.82, 2.24) is 20.1 Å². The second-order valence-corrected chi connectivity index (χ2v) is 7.55. The van der Waals surface area contributed by atoms with Crippen molar-refractivity contribution >= 4 is 17.8 Å². The summed E-state index contributed by atoms with van der Waals surface area (Å²) < 4.78 is 35.2. The van der Waals surface area contributed by atoms with Crippen LogP contribution in [0.1, 0.15) is 16.8 Å². The van der Waals surface area contributed by atoms with E-state index < -0.39 is 12.6 Å². The molecule has 1 fully saturated rings. The summed E-state index contributed by atoms with van der Waals surface area (Å²) in [6.07, 6.45) is 1.17. The zero-order chi connectivity index (χ0) is 23.8. The number of benzene rings is 1. The van der Waals surface area contributed by atoms with Gasteiger partial charge < -0.3 is 25.0 Å². The first-order valence-corrected chi connectivity index (χ1v) is 10.4. The van der Waals surface area contributed by atoms with Gasteiger partial charge in [-0.2, -0.15) is 8.78 Å². The van der Waals surface area contributed by atoms with Gasteiger partial charge in [0.15, 0.2) is 0 Å². The van der Waals surface area contributed by atoms with Crippen LogP contribution >= 0.6 is 0 Å². The standard InChI is InChI=1S/C22H27F2N5O4/c1-15-3-5-18(13-25-15)27-21(30)26-12-16-4-6-19(33-20(23)24)17(11-16)14-28-7-9-29(10-8-28)22(31)32-2/h3-6,11,13,20H,7-10,12,14H2,1-2H3,(H2,26,27,30). The maximum atomic E-state index is 12.9. The first kappa shape index (κ1) is 24.2. The number of nitrogens with zero attached hydrogens (tertiary/aromatic N) is 3. The summed E-state index contributed by atoms with van der Waals surface area (Å²) in [4.78, 5) is 31.6. The summed E-state index contributed by atoms with van der Waals surface area (Å²) in [5.74, 6) is 0.0827. The quantitative estimate of drug-likeness (QED) is 0.655. The van der Waals surface area contributed by atoms with Crippen molar-refractivity contribution < 1.29 is 27.8 Å². The van der Waals surface area contributed by atoms with Crippen molar-refractivity contribution in [3.05, 3.63) is 53.3 Å². The molecule has 178 valence electrons. The Morgan fingerprint density at radius 2 is 1.91 bits per heavy atom. The van der Waals surface area contributed by atoms with Crippen LogP contribution in [0.5, 0.6) is 5.75 Å². The average Bonchev–Trinajstić information content (AvgIpc) is 2.80. The Hall–Kier alpha value is -3.47. The minimum absolute atomic E-state index is 0.0827. The molecule has 33 heavy (non-hydrogen) atoms. The van der Waals surface area contributed by atoms with E-state index in [0.717, 1.165) is 11.3 Å². The molecule has 0 radical (unpaired) electrons. The first-order valence-electron chi connectivity index (χ1n) is 10.4. The number of carbonyl (C=O) groups excluding carboxylic acids is 2. The van der Waals surface area contributed by atoms with Crippen LogP contribution < -0.4 is 15.4 Å². The molecule has 0 bridgehead atoms. The van der Waals surface area contributed by atoms with Crippen LogP contribution in [-0.2, 0) is 17.8 Å². The largest absolute Gasteiger partial charge is 0.453 e. The lowest BCUT2D eigenvalue weighted by Crippen LogP contribution is -2.48. The zero-order valence-corrected chi connectivity index (χ0v) is 18.5. The predicted octanol–water partition coefficient (Wildman–Crippen LogP) is 3.20. The normalized spacial score (nSPS) is 14.2. The van der Waals surface area contributed by atoms with Crippen molar-refractivity contribution in [2.75, 3.05) is 38.6 Å². The average molecular weight is 463 g/mol. The van der Waals surface area contributed by atoms with E-state index in [-0.39, 0.29) is 18.4 Å². The zero-order valence-electron chi connectivity index (χ0n) is 18.5. The molecule has 1 aromatic carbocycles. The Kier molecular flexibility index (Phi) is 8.36. The summed E-state index contributed by atoms with van der Waals surface area (Å²) in [5, 5.41) is 5.43. The smallest absolute Gasteiger partial charge is 0.409 e. The molecule has 1 aliphatic rings. The molecule has 3 amide bonds. The first-order chi connectivity index (χ1) is 15.8. The lowest BCUT2D eigenvalue weighted by Gasteiger charge is -2.34. The summed E-state index contributed by atoms with van der Waals surface area (Å²) >= 11 is 0. The minimum Gasteiger partial charge on any atom is -0.453 e. The van der Waals surface area contributed by atoms with Gasteiger partial charge in [0.1, 0.15) is 5.75 Å². The van der Waals surface area contributed by atoms with E-state index in [0.29, 0.717) is 44.0 Å². The van der Waals surface area contributed by atoms with Crippen molar-refractivity contribution in [1.29, 1.82) is 0 Å². The maximum absolute atomic E-state index is 12.9. The van der Waals surface area contributed by atoms with Crippen LogP contribution in [0.3, 0.4) is 0 Å². The van der Waals surface area contributed by atoms with Gasteiger partial charge in [0.25, 0.3) is 0 Å². The number of rotatable bonds is 7. The number of ether oxygens (including phenoxy) is 2. The Balaban J connectivity index is 1.61. The number of hydrogen-bond donors (Lipinski definition) is 2. The second kappa shape index (κ2) is 11.4. The molecule has 2 heterocycles. The SMILES string of the molecule is COC(=O)N1CCN(Cc2cc(CNC(=O)Nc3ccc(C)nc3)ccc2OC(F)F)CC1. The highest BCUT2D eigenvalue weighted by molar-refractivity contribution is 5.88. The van der Waals surface area contributed by atoms with Gasteiger partial charge in [-0.25, -0.2) is 9.59 Å². The van der Waals surface area contributed by atoms with Crippen LogP contribution in [0.2, 0.25) is 0 Å². The van der Waals surface area contributed by atoms with E-state index in [4.69, 9.17) is 4.74 Å². The van der Waals surface area contributed by atoms with Crippen molar-refractivity contribution in [2.45, 2.75) is 26.6 Å². The van der Waals surface area contributed by atoms with Crippen molar-refractivity contribution in [2.24, 2.45) is 0 Å². The van der Waals surface area contributed by atoms with Crippen molar-refractivity contribution in [3.63, 3.8) is 0 Å². The Morgan fingerprint density at radius 1 is 1.15 bits per heavy atom. The van der Waals surface area contributed by atoms with E-state index in [2.05, 4.69) is 20.4 Å². The van der Waals surface area contributed by atoms with Crippen LogP contribution in [-0.4, -0.2) is 66.8 Å². The number of amides is 3. The maximum Gasteiger partial charge on any atom is 0.409 e. The van der Waals surface area contributed by atoms with Crippen LogP contribution in [0.25, 0.3) is 0 Å². The fourth-order valence-corrected chi connectivity index (χ4v) is 3.44. The third-order valence-electron chi connectivity index (χ3n) is 5.16. The molecule has 9 nitrogen and oxygen atoms in total. The number of carbonyl (C=O) groups is 2. The number of pyridine rings is 1. The van der Waals surface area contributed by atoms with E-state index in [1.54, 1.807) is 35.4 Å². The Morgan fingerprint density at radius 3 is 2.55 bits per heavy atom. The van der Waals surface area contributed by atoms with Gasteiger partial charge in [0.2, 0.25) is 0 Å². The topological polar surface area (TPSA) is 96.0 Å². The number of hydrogen-bond acceptors (Lipinski definition) is 6. The number of alkyl halides is 2. The second-order valence-electron chi connectivity index (χ2n) is 7.55. The summed E-state index contributed by atoms with van der Waals surface area (Å²) in [5.41, 5.74) is 2.71. The predicted molar refractivity (Wildman–Crippen MR) is 117 cm³/mol. The van der Waals surface area contributed by atoms with Gasteiger partial charge in [-0.15, -0.1) is 0 Å². The van der Waals surface area contributed by atoms with Gasteiger partial charge in [0.05, 0.1) is 19.0 Å². The molecular formula is C22H27F2N5O4. The van der Waals surface area contributed by atoms with Gasteiger partial charge in [-0.05, 0) is 36.8 Å². The van der Waals surface area contributed by atoms with E-state index in [9.17, 15) is 18.4 Å². The van der Waals surface area contributed by atoms with Crippen LogP contribution in [0, 0.1) is 6.92 Å². The number of nitrogens with one attached hydrogen (secondary N) is 2. The van der Waals surface area contributed by atoms with Crippen LogP contribution in [0.4, 0.5) is 24.1 Å². The number of anilines is 1. The van der Waals surface area contributed by atoms with Gasteiger partial charge in [0, 0.05) is 50.5 Å². The molecule has 1 saturated heterocycles. The Bertz CT molecular complexity index is 950. The highest BCUT2D eigenvalue weighted by Crippen LogP contribution is 2.24. The molecule has 11 heteroatoms. The molecule has 0 atom stereocenters. The fourth-order valence-electron chi connectivity index (χ4n) is 3.44. The summed E-state index contributed by atoms with van der Waals surface area (Å²) in [6, 6.07) is 7.97. The molecule has 1 aliphatic heterocycles. The lowest BCUT2D eigenvalue weighted by atomic mass is 10.1. The van der Waals surface area contributed by atoms with E-state index in [1.165, 1.54) is 13.2 Å². The van der Waals surface area contributed by atoms with Gasteiger partial charge in [-0.3, -0.25) is 9.88 Å². The third-order valence-corrected chi connectivity index (χ3v) is 5.16. The van der Waals surface area contributed by atoms with Gasteiger partial charge in [-0.1, -0.05) is 6.07 Å². The highest BCUT2D eigenvalue weighted by Gasteiger charge is 2.23. The van der Waals surface area contributed by atoms with Crippen LogP contribution in [0.15, 0.2) is 36.5 Å². The lowest BCUT2D eigenvalue weighted by molar-refractivity contribution is -0.0509. The highest BCUT2D eigenvalue weighted by atomic mass is 19.3.